The van der Waals surface area contributed by atoms with E-state index < -0.39 is 0 Å². The average Bonchev–Trinajstić information content (AvgIpc) is 2.61. The van der Waals surface area contributed by atoms with E-state index in [0.717, 1.165) is 25.2 Å². The number of aryl methyl sites for hydroxylation is 1. The van der Waals surface area contributed by atoms with Gasteiger partial charge in [0.2, 0.25) is 0 Å². The Labute approximate surface area is 83.3 Å². The maximum atomic E-state index is 9.47. The molecule has 0 bridgehead atoms. The Morgan fingerprint density at radius 3 is 2.93 bits per heavy atom. The third-order valence-electron chi connectivity index (χ3n) is 2.69. The molecule has 2 heterocycles. The van der Waals surface area contributed by atoms with Gasteiger partial charge in [-0.2, -0.15) is 15.0 Å². The fourth-order valence-corrected chi connectivity index (χ4v) is 1.96. The highest BCUT2D eigenvalue weighted by Gasteiger charge is 2.27. The first-order valence-electron chi connectivity index (χ1n) is 4.92. The molecule has 0 aliphatic carbocycles. The van der Waals surface area contributed by atoms with E-state index in [4.69, 9.17) is 0 Å². The van der Waals surface area contributed by atoms with Gasteiger partial charge in [-0.15, -0.1) is 0 Å². The number of aromatic nitrogens is 3. The van der Waals surface area contributed by atoms with E-state index in [2.05, 4.69) is 22.0 Å². The van der Waals surface area contributed by atoms with Crippen molar-refractivity contribution in [3.05, 3.63) is 11.9 Å². The van der Waals surface area contributed by atoms with Crippen molar-refractivity contribution in [3.63, 3.8) is 0 Å². The van der Waals surface area contributed by atoms with Gasteiger partial charge in [0.05, 0.1) is 18.0 Å². The van der Waals surface area contributed by atoms with Crippen LogP contribution in [0.1, 0.15) is 19.0 Å². The fourth-order valence-electron chi connectivity index (χ4n) is 1.96. The Morgan fingerprint density at radius 2 is 2.43 bits per heavy atom. The van der Waals surface area contributed by atoms with Gasteiger partial charge in [-0.25, -0.2) is 0 Å². The summed E-state index contributed by atoms with van der Waals surface area (Å²) in [6, 6.07) is 0.437. The molecule has 5 heteroatoms. The Morgan fingerprint density at radius 1 is 1.64 bits per heavy atom. The lowest BCUT2D eigenvalue weighted by molar-refractivity contribution is 0.172. The van der Waals surface area contributed by atoms with Crippen molar-refractivity contribution in [2.45, 2.75) is 32.0 Å². The summed E-state index contributed by atoms with van der Waals surface area (Å²) in [7, 11) is 1.81. The van der Waals surface area contributed by atoms with Crippen LogP contribution in [0.15, 0.2) is 6.20 Å². The SMILES string of the molecule is CC1CC(O)CN1Cc1cnn(C)n1. The second kappa shape index (κ2) is 3.67. The fraction of sp³-hybridized carbons (Fsp3) is 0.778. The molecule has 0 saturated carbocycles. The van der Waals surface area contributed by atoms with Crippen molar-refractivity contribution in [2.24, 2.45) is 7.05 Å². The molecule has 1 aromatic rings. The summed E-state index contributed by atoms with van der Waals surface area (Å²) >= 11 is 0. The zero-order valence-electron chi connectivity index (χ0n) is 8.59. The zero-order valence-corrected chi connectivity index (χ0v) is 8.59. The number of β-amino-alcohol motifs (C(OH)–C–C–N with tert-alkyl or cyclic N) is 1. The van der Waals surface area contributed by atoms with E-state index in [1.165, 1.54) is 0 Å². The molecule has 2 atom stereocenters. The molecule has 2 unspecified atom stereocenters. The van der Waals surface area contributed by atoms with Gasteiger partial charge < -0.3 is 5.11 Å². The van der Waals surface area contributed by atoms with Crippen LogP contribution in [0.5, 0.6) is 0 Å². The van der Waals surface area contributed by atoms with Crippen molar-refractivity contribution in [2.75, 3.05) is 6.54 Å². The quantitative estimate of drug-likeness (QED) is 0.710. The molecule has 14 heavy (non-hydrogen) atoms. The zero-order chi connectivity index (χ0) is 10.1. The van der Waals surface area contributed by atoms with Crippen molar-refractivity contribution in [3.8, 4) is 0 Å². The summed E-state index contributed by atoms with van der Waals surface area (Å²) in [5, 5.41) is 17.7. The first-order chi connectivity index (χ1) is 6.65. The number of aliphatic hydroxyl groups excluding tert-OH is 1. The van der Waals surface area contributed by atoms with Crippen molar-refractivity contribution in [1.29, 1.82) is 0 Å². The third kappa shape index (κ3) is 1.93. The van der Waals surface area contributed by atoms with Crippen LogP contribution in [0, 0.1) is 0 Å². The molecular formula is C9H16N4O. The van der Waals surface area contributed by atoms with Crippen molar-refractivity contribution < 1.29 is 5.11 Å². The van der Waals surface area contributed by atoms with Crippen LogP contribution < -0.4 is 0 Å². The molecule has 0 radical (unpaired) electrons. The normalized spacial score (nSPS) is 28.5. The Bertz CT molecular complexity index is 312. The van der Waals surface area contributed by atoms with Crippen LogP contribution in [0.25, 0.3) is 0 Å². The number of aliphatic hydroxyl groups is 1. The topological polar surface area (TPSA) is 54.2 Å². The Balaban J connectivity index is 1.98. The number of hydrogen-bond acceptors (Lipinski definition) is 4. The van der Waals surface area contributed by atoms with Crippen LogP contribution in [0.2, 0.25) is 0 Å². The molecule has 78 valence electrons. The maximum absolute atomic E-state index is 9.47. The first-order valence-corrected chi connectivity index (χ1v) is 4.92. The molecule has 1 fully saturated rings. The van der Waals surface area contributed by atoms with Crippen LogP contribution in [0.4, 0.5) is 0 Å². The molecule has 1 aliphatic heterocycles. The molecule has 2 rings (SSSR count). The summed E-state index contributed by atoms with van der Waals surface area (Å²) in [5.41, 5.74) is 0.966. The molecule has 1 aliphatic rings. The number of nitrogens with zero attached hydrogens (tertiary/aromatic N) is 4. The van der Waals surface area contributed by atoms with Gasteiger partial charge in [0.15, 0.2) is 0 Å². The highest BCUT2D eigenvalue weighted by molar-refractivity contribution is 4.94. The summed E-state index contributed by atoms with van der Waals surface area (Å²) in [5.74, 6) is 0. The second-order valence-corrected chi connectivity index (χ2v) is 3.99. The van der Waals surface area contributed by atoms with E-state index in [-0.39, 0.29) is 6.10 Å². The van der Waals surface area contributed by atoms with E-state index in [9.17, 15) is 5.11 Å². The highest BCUT2D eigenvalue weighted by Crippen LogP contribution is 2.18. The van der Waals surface area contributed by atoms with Gasteiger partial charge >= 0.3 is 0 Å². The predicted molar refractivity (Wildman–Crippen MR) is 51.5 cm³/mol. The minimum absolute atomic E-state index is 0.179. The molecular weight excluding hydrogens is 180 g/mol. The third-order valence-corrected chi connectivity index (χ3v) is 2.69. The van der Waals surface area contributed by atoms with Gasteiger partial charge in [-0.3, -0.25) is 4.90 Å². The van der Waals surface area contributed by atoms with Crippen molar-refractivity contribution >= 4 is 0 Å². The Hall–Kier alpha value is -0.940. The summed E-state index contributed by atoms with van der Waals surface area (Å²) in [4.78, 5) is 3.79. The average molecular weight is 196 g/mol. The highest BCUT2D eigenvalue weighted by atomic mass is 16.3. The summed E-state index contributed by atoms with van der Waals surface area (Å²) in [6.07, 6.45) is 2.46. The van der Waals surface area contributed by atoms with Gasteiger partial charge in [0, 0.05) is 26.2 Å². The molecule has 1 saturated heterocycles. The number of rotatable bonds is 2. The predicted octanol–water partition coefficient (Wildman–Crippen LogP) is -0.230. The first kappa shape index (κ1) is 9.61. The van der Waals surface area contributed by atoms with Crippen LogP contribution in [0.3, 0.4) is 0 Å². The van der Waals surface area contributed by atoms with Gasteiger partial charge in [0.1, 0.15) is 0 Å². The van der Waals surface area contributed by atoms with Crippen LogP contribution in [-0.4, -0.2) is 43.7 Å². The lowest BCUT2D eigenvalue weighted by atomic mass is 10.2. The standard InChI is InChI=1S/C9H16N4O/c1-7-3-9(14)6-13(7)5-8-4-10-12(2)11-8/h4,7,9,14H,3,5-6H2,1-2H3. The number of likely N-dealkylation sites (tertiary alicyclic amines) is 1. The molecule has 0 amide bonds. The summed E-state index contributed by atoms with van der Waals surface area (Å²) < 4.78 is 0. The second-order valence-electron chi connectivity index (χ2n) is 3.99. The molecule has 0 aromatic carbocycles. The lowest BCUT2D eigenvalue weighted by Crippen LogP contribution is -2.27. The minimum Gasteiger partial charge on any atom is -0.392 e. The van der Waals surface area contributed by atoms with Crippen LogP contribution in [-0.2, 0) is 13.6 Å². The monoisotopic (exact) mass is 196 g/mol. The van der Waals surface area contributed by atoms with E-state index in [1.807, 2.05) is 7.05 Å². The number of hydrogen-bond donors (Lipinski definition) is 1. The summed E-state index contributed by atoms with van der Waals surface area (Å²) in [6.45, 7) is 3.66. The molecule has 1 aromatic heterocycles. The molecule has 0 spiro atoms. The van der Waals surface area contributed by atoms with E-state index >= 15 is 0 Å². The van der Waals surface area contributed by atoms with Gasteiger partial charge in [0.25, 0.3) is 0 Å². The minimum atomic E-state index is -0.179. The van der Waals surface area contributed by atoms with E-state index in [1.54, 1.807) is 11.0 Å². The maximum Gasteiger partial charge on any atom is 0.0967 e. The molecule has 5 nitrogen and oxygen atoms in total. The van der Waals surface area contributed by atoms with Crippen molar-refractivity contribution in [1.82, 2.24) is 19.9 Å². The lowest BCUT2D eigenvalue weighted by Gasteiger charge is -2.18. The largest absolute Gasteiger partial charge is 0.392 e. The van der Waals surface area contributed by atoms with Gasteiger partial charge in [-0.1, -0.05) is 0 Å². The Kier molecular flexibility index (Phi) is 2.52. The van der Waals surface area contributed by atoms with Gasteiger partial charge in [-0.05, 0) is 13.3 Å². The van der Waals surface area contributed by atoms with Crippen LogP contribution >= 0.6 is 0 Å². The smallest absolute Gasteiger partial charge is 0.0967 e. The molecule has 1 N–H and O–H groups in total. The van der Waals surface area contributed by atoms with E-state index in [0.29, 0.717) is 6.04 Å².